The molecule has 0 aliphatic rings. The lowest BCUT2D eigenvalue weighted by molar-refractivity contribution is 0.453. The van der Waals surface area contributed by atoms with Crippen molar-refractivity contribution < 1.29 is 52.7 Å². The maximum absolute atomic E-state index is 16.0. The van der Waals surface area contributed by atoms with Crippen LogP contribution in [0.4, 0.5) is 52.7 Å². The number of aromatic nitrogens is 10. The van der Waals surface area contributed by atoms with Gasteiger partial charge in [-0.1, -0.05) is 188 Å². The van der Waals surface area contributed by atoms with Crippen LogP contribution < -0.4 is 0 Å². The van der Waals surface area contributed by atoms with Crippen LogP contribution >= 0.6 is 0 Å². The molecule has 538 valence electrons. The molecule has 0 N–H and O–H groups in total. The second-order valence-electron chi connectivity index (χ2n) is 25.8. The Morgan fingerprint density at radius 2 is 0.568 bits per heavy atom. The van der Waals surface area contributed by atoms with Crippen molar-refractivity contribution in [3.63, 3.8) is 0 Å². The molecule has 20 aromatic rings. The third kappa shape index (κ3) is 11.2. The molecule has 111 heavy (non-hydrogen) atoms. The SMILES string of the molecule is Fc1c(F)c(-n2c3ccccc3c3ccccc32)c(F)c(F)c1-c1cn2ccccc2c1-c1ccccc1.Fc1c(F)c(-n2c3ccccc3c3ccccc32)c(F)c(F)c1-c1cn2ccccc2n1.Fc1c(F)c(-n2c3ccccc3c3ccccc32)c(F)c(F)c1-c1nc(-c2ccccc2)nc(-c2ccccn2)n1. The topological polar surface area (TPSA) is 88.1 Å². The van der Waals surface area contributed by atoms with E-state index in [1.807, 2.05) is 18.2 Å². The predicted octanol–water partition coefficient (Wildman–Crippen LogP) is 23.5. The molecule has 0 saturated carbocycles. The van der Waals surface area contributed by atoms with E-state index in [0.717, 1.165) is 10.8 Å². The van der Waals surface area contributed by atoms with Gasteiger partial charge in [-0.05, 0) is 78.4 Å². The van der Waals surface area contributed by atoms with Gasteiger partial charge in [-0.2, -0.15) is 0 Å². The van der Waals surface area contributed by atoms with Crippen molar-refractivity contribution >= 4 is 76.6 Å². The van der Waals surface area contributed by atoms with E-state index in [9.17, 15) is 0 Å². The van der Waals surface area contributed by atoms with Crippen LogP contribution in [0, 0.1) is 69.8 Å². The number of rotatable bonds is 9. The molecule has 0 atom stereocenters. The lowest BCUT2D eigenvalue weighted by atomic mass is 9.96. The highest BCUT2D eigenvalue weighted by Gasteiger charge is 2.35. The molecule has 0 saturated heterocycles. The highest BCUT2D eigenvalue weighted by Crippen LogP contribution is 2.46. The van der Waals surface area contributed by atoms with E-state index < -0.39 is 109 Å². The number of fused-ring (bicyclic) bond motifs is 11. The number of nitrogens with zero attached hydrogens (tertiary/aromatic N) is 10. The van der Waals surface area contributed by atoms with E-state index in [1.165, 1.54) is 36.7 Å². The van der Waals surface area contributed by atoms with Gasteiger partial charge in [0.1, 0.15) is 28.4 Å². The molecule has 0 unspecified atom stereocenters. The van der Waals surface area contributed by atoms with Crippen molar-refractivity contribution in [1.29, 1.82) is 0 Å². The summed E-state index contributed by atoms with van der Waals surface area (Å²) in [4.78, 5) is 21.2. The first-order valence-corrected chi connectivity index (χ1v) is 34.5. The highest BCUT2D eigenvalue weighted by molar-refractivity contribution is 6.11. The van der Waals surface area contributed by atoms with Crippen LogP contribution in [0.5, 0.6) is 0 Å². The molecule has 20 rings (SSSR count). The maximum Gasteiger partial charge on any atom is 0.186 e. The van der Waals surface area contributed by atoms with Gasteiger partial charge in [0.25, 0.3) is 0 Å². The Morgan fingerprint density at radius 1 is 0.225 bits per heavy atom. The van der Waals surface area contributed by atoms with Crippen LogP contribution in [-0.4, -0.2) is 47.4 Å². The number of benzene rings is 11. The predicted molar refractivity (Wildman–Crippen MR) is 405 cm³/mol. The van der Waals surface area contributed by atoms with Crippen LogP contribution in [0.3, 0.4) is 0 Å². The molecule has 0 amide bonds. The van der Waals surface area contributed by atoms with E-state index in [1.54, 1.807) is 259 Å². The summed E-state index contributed by atoms with van der Waals surface area (Å²) in [6.07, 6.45) is 7.68. The number of halogens is 12. The maximum atomic E-state index is 16.0. The molecular formula is C89H48F12N10. The van der Waals surface area contributed by atoms with Crippen molar-refractivity contribution in [1.82, 2.24) is 47.4 Å². The van der Waals surface area contributed by atoms with Crippen LogP contribution in [0.1, 0.15) is 0 Å². The van der Waals surface area contributed by atoms with Gasteiger partial charge in [0.15, 0.2) is 87.3 Å². The number of hydrogen-bond acceptors (Lipinski definition) is 5. The van der Waals surface area contributed by atoms with Crippen LogP contribution in [0.2, 0.25) is 0 Å². The van der Waals surface area contributed by atoms with Crippen molar-refractivity contribution in [2.24, 2.45) is 0 Å². The number of para-hydroxylation sites is 6. The zero-order chi connectivity index (χ0) is 76.0. The van der Waals surface area contributed by atoms with Gasteiger partial charge < -0.3 is 22.5 Å². The van der Waals surface area contributed by atoms with Crippen LogP contribution in [0.25, 0.3) is 161 Å². The first-order chi connectivity index (χ1) is 54.1. The molecule has 9 heterocycles. The highest BCUT2D eigenvalue weighted by atomic mass is 19.2. The minimum atomic E-state index is -1.63. The molecule has 11 aromatic carbocycles. The molecule has 0 spiro atoms. The van der Waals surface area contributed by atoms with Crippen molar-refractivity contribution in [3.05, 3.63) is 362 Å². The first kappa shape index (κ1) is 68.4. The van der Waals surface area contributed by atoms with Crippen molar-refractivity contribution in [2.45, 2.75) is 0 Å². The summed E-state index contributed by atoms with van der Waals surface area (Å²) in [5.74, 6) is -18.7. The molecule has 9 aromatic heterocycles. The fraction of sp³-hybridized carbons (Fsp3) is 0. The van der Waals surface area contributed by atoms with E-state index in [-0.39, 0.29) is 28.6 Å². The zero-order valence-electron chi connectivity index (χ0n) is 57.2. The zero-order valence-corrected chi connectivity index (χ0v) is 57.2. The van der Waals surface area contributed by atoms with Gasteiger partial charge in [0.2, 0.25) is 0 Å². The quantitative estimate of drug-likeness (QED) is 0.106. The van der Waals surface area contributed by atoms with Crippen molar-refractivity contribution in [3.8, 4) is 84.9 Å². The second-order valence-corrected chi connectivity index (χ2v) is 25.8. The second kappa shape index (κ2) is 27.4. The monoisotopic (exact) mass is 1480 g/mol. The molecule has 0 bridgehead atoms. The van der Waals surface area contributed by atoms with E-state index in [2.05, 4.69) is 24.9 Å². The number of imidazole rings is 1. The van der Waals surface area contributed by atoms with Gasteiger partial charge in [-0.3, -0.25) is 4.98 Å². The van der Waals surface area contributed by atoms with Crippen LogP contribution in [-0.2, 0) is 0 Å². The number of hydrogen-bond donors (Lipinski definition) is 0. The van der Waals surface area contributed by atoms with E-state index >= 15 is 52.7 Å². The number of pyridine rings is 3. The normalized spacial score (nSPS) is 11.6. The summed E-state index contributed by atoms with van der Waals surface area (Å²) in [6.45, 7) is 0. The Bertz CT molecular complexity index is 6800. The Morgan fingerprint density at radius 3 is 0.991 bits per heavy atom. The molecule has 0 radical (unpaired) electrons. The Kier molecular flexibility index (Phi) is 16.9. The fourth-order valence-electron chi connectivity index (χ4n) is 14.7. The lowest BCUT2D eigenvalue weighted by Crippen LogP contribution is -2.11. The molecule has 0 aliphatic heterocycles. The molecule has 22 heteroatoms. The van der Waals surface area contributed by atoms with Crippen molar-refractivity contribution in [2.75, 3.05) is 0 Å². The summed E-state index contributed by atoms with van der Waals surface area (Å²) in [6, 6.07) is 74.6. The lowest BCUT2D eigenvalue weighted by Gasteiger charge is -2.15. The first-order valence-electron chi connectivity index (χ1n) is 34.5. The fourth-order valence-corrected chi connectivity index (χ4v) is 14.7. The Labute approximate surface area is 620 Å². The van der Waals surface area contributed by atoms with Gasteiger partial charge in [0.05, 0.1) is 61.0 Å². The Hall–Kier alpha value is -14.4. The summed E-state index contributed by atoms with van der Waals surface area (Å²) in [7, 11) is 0. The Balaban J connectivity index is 0.000000117. The summed E-state index contributed by atoms with van der Waals surface area (Å²) < 4.78 is 196. The van der Waals surface area contributed by atoms with E-state index in [4.69, 9.17) is 0 Å². The average Bonchev–Trinajstić information content (AvgIpc) is 1.62. The molecule has 0 fully saturated rings. The van der Waals surface area contributed by atoms with Gasteiger partial charge >= 0.3 is 0 Å². The van der Waals surface area contributed by atoms with Gasteiger partial charge in [-0.25, -0.2) is 72.6 Å². The largest absolute Gasteiger partial charge is 0.323 e. The van der Waals surface area contributed by atoms with E-state index in [0.29, 0.717) is 82.5 Å². The van der Waals surface area contributed by atoms with Gasteiger partial charge in [-0.15, -0.1) is 0 Å². The molecule has 0 aliphatic carbocycles. The minimum absolute atomic E-state index is 0.0134. The average molecular weight is 1490 g/mol. The third-order valence-corrected chi connectivity index (χ3v) is 19.6. The molecular weight excluding hydrogens is 1440 g/mol. The summed E-state index contributed by atoms with van der Waals surface area (Å²) >= 11 is 0. The van der Waals surface area contributed by atoms with Crippen LogP contribution in [0.15, 0.2) is 292 Å². The standard InChI is InChI=1S/C32H17F4N5.C32H18F4N2.C25H13F4N3/c33-25-24(32-39-30(18-10-2-1-3-11-18)38-31(40-32)21-14-8-9-17-37-21)26(34)28(36)29(27(25)35)41-22-15-6-4-12-19(22)20-13-5-7-16-23(20)41;33-28-27(22-18-37-17-9-8-16-25(37)26(22)19-10-2-1-3-11-19)29(34)31(36)32(30(28)35)38-23-14-6-4-12-20(23)21-13-5-7-15-24(21)38;26-21-20(16-13-31-12-6-5-11-19(31)30-16)22(27)24(29)25(23(21)28)32-17-9-3-1-7-14(17)15-8-2-4-10-18(15)32/h1-17H;1-18H;1-13H. The molecule has 10 nitrogen and oxygen atoms in total. The van der Waals surface area contributed by atoms with Gasteiger partial charge in [0, 0.05) is 80.0 Å². The smallest absolute Gasteiger partial charge is 0.186 e. The summed E-state index contributed by atoms with van der Waals surface area (Å²) in [5.41, 5.74) is 0.316. The minimum Gasteiger partial charge on any atom is -0.323 e. The summed E-state index contributed by atoms with van der Waals surface area (Å²) in [5, 5.41) is 4.22. The third-order valence-electron chi connectivity index (χ3n) is 19.6.